The summed E-state index contributed by atoms with van der Waals surface area (Å²) in [4.78, 5) is 0. The molecule has 1 rings (SSSR count). The average molecular weight is 243 g/mol. The van der Waals surface area contributed by atoms with Crippen LogP contribution in [0.5, 0.6) is 5.75 Å². The maximum atomic E-state index is 14.0. The lowest BCUT2D eigenvalue weighted by atomic mass is 10.0. The highest BCUT2D eigenvalue weighted by Gasteiger charge is 2.18. The minimum absolute atomic E-state index is 0.0716. The largest absolute Gasteiger partial charge is 0.493 e. The molecule has 1 unspecified atom stereocenters. The summed E-state index contributed by atoms with van der Waals surface area (Å²) in [6, 6.07) is 3.24. The molecule has 0 aliphatic carbocycles. The predicted molar refractivity (Wildman–Crippen MR) is 62.6 cm³/mol. The van der Waals surface area contributed by atoms with E-state index in [-0.39, 0.29) is 12.4 Å². The van der Waals surface area contributed by atoms with Gasteiger partial charge in [-0.25, -0.2) is 4.39 Å². The number of aliphatic hydroxyl groups excluding tert-OH is 1. The van der Waals surface area contributed by atoms with Crippen molar-refractivity contribution in [2.75, 3.05) is 27.8 Å². The van der Waals surface area contributed by atoms with E-state index in [1.54, 1.807) is 19.2 Å². The van der Waals surface area contributed by atoms with E-state index >= 15 is 0 Å². The number of hydrogen-bond acceptors (Lipinski definition) is 4. The molecule has 5 heteroatoms. The summed E-state index contributed by atoms with van der Waals surface area (Å²) in [6.07, 6.45) is -0.805. The molecular weight excluding hydrogens is 225 g/mol. The first kappa shape index (κ1) is 13.9. The molecule has 1 aromatic carbocycles. The van der Waals surface area contributed by atoms with Gasteiger partial charge in [-0.1, -0.05) is 12.1 Å². The van der Waals surface area contributed by atoms with Crippen molar-refractivity contribution < 1.29 is 19.0 Å². The number of nitrogens with one attached hydrogen (secondary N) is 1. The molecule has 0 fully saturated rings. The molecule has 2 N–H and O–H groups in total. The lowest BCUT2D eigenvalue weighted by molar-refractivity contribution is 0.169. The molecule has 0 bridgehead atoms. The van der Waals surface area contributed by atoms with Crippen LogP contribution in [0.15, 0.2) is 12.1 Å². The molecule has 0 aliphatic rings. The molecule has 0 aromatic heterocycles. The van der Waals surface area contributed by atoms with Gasteiger partial charge in [-0.05, 0) is 7.05 Å². The number of aliphatic hydroxyl groups is 1. The summed E-state index contributed by atoms with van der Waals surface area (Å²) in [5.74, 6) is -0.413. The molecular formula is C12H18FNO3. The number of hydrogen-bond donors (Lipinski definition) is 2. The van der Waals surface area contributed by atoms with Gasteiger partial charge >= 0.3 is 0 Å². The van der Waals surface area contributed by atoms with Crippen molar-refractivity contribution in [3.63, 3.8) is 0 Å². The number of ether oxygens (including phenoxy) is 2. The summed E-state index contributed by atoms with van der Waals surface area (Å²) in [5, 5.41) is 12.7. The van der Waals surface area contributed by atoms with E-state index in [1.807, 2.05) is 0 Å². The Morgan fingerprint density at radius 1 is 1.41 bits per heavy atom. The highest BCUT2D eigenvalue weighted by atomic mass is 19.1. The van der Waals surface area contributed by atoms with Gasteiger partial charge in [0.25, 0.3) is 0 Å². The van der Waals surface area contributed by atoms with Crippen molar-refractivity contribution in [1.82, 2.24) is 5.32 Å². The van der Waals surface area contributed by atoms with Crippen molar-refractivity contribution in [2.45, 2.75) is 12.7 Å². The van der Waals surface area contributed by atoms with E-state index in [1.165, 1.54) is 14.2 Å². The number of likely N-dealkylation sites (N-methyl/N-ethyl adjacent to an activating group) is 1. The first-order chi connectivity index (χ1) is 8.15. The Morgan fingerprint density at radius 2 is 2.12 bits per heavy atom. The van der Waals surface area contributed by atoms with Gasteiger partial charge in [0.2, 0.25) is 0 Å². The Morgan fingerprint density at radius 3 is 2.65 bits per heavy atom. The molecule has 0 aliphatic heterocycles. The van der Waals surface area contributed by atoms with Crippen molar-refractivity contribution in [2.24, 2.45) is 0 Å². The van der Waals surface area contributed by atoms with Gasteiger partial charge in [0.05, 0.1) is 19.8 Å². The summed E-state index contributed by atoms with van der Waals surface area (Å²) in [6.45, 7) is 0.504. The molecule has 0 saturated heterocycles. The van der Waals surface area contributed by atoms with E-state index in [4.69, 9.17) is 9.47 Å². The molecule has 1 aromatic rings. The third-order valence-electron chi connectivity index (χ3n) is 2.47. The lowest BCUT2D eigenvalue weighted by Crippen LogP contribution is -2.18. The Bertz CT molecular complexity index is 371. The third kappa shape index (κ3) is 3.15. The molecule has 0 radical (unpaired) electrons. The van der Waals surface area contributed by atoms with Crippen LogP contribution in [0.25, 0.3) is 0 Å². The van der Waals surface area contributed by atoms with Crippen molar-refractivity contribution in [3.05, 3.63) is 29.1 Å². The van der Waals surface area contributed by atoms with Crippen LogP contribution in [0.3, 0.4) is 0 Å². The fraction of sp³-hybridized carbons (Fsp3) is 0.500. The minimum atomic E-state index is -0.805. The van der Waals surface area contributed by atoms with Crippen molar-refractivity contribution in [3.8, 4) is 5.75 Å². The fourth-order valence-corrected chi connectivity index (χ4v) is 1.65. The third-order valence-corrected chi connectivity index (χ3v) is 2.47. The van der Waals surface area contributed by atoms with E-state index < -0.39 is 11.9 Å². The standard InChI is InChI=1S/C12H18FNO3/c1-14-6-10(15)9-5-4-8(7-16-2)11(13)12(9)17-3/h4-5,10,14-15H,6-7H2,1-3H3. The first-order valence-corrected chi connectivity index (χ1v) is 5.32. The SMILES string of the molecule is CNCC(O)c1ccc(COC)c(F)c1OC. The second-order valence-electron chi connectivity index (χ2n) is 3.67. The maximum absolute atomic E-state index is 14.0. The Labute approximate surface area is 100 Å². The highest BCUT2D eigenvalue weighted by Crippen LogP contribution is 2.30. The van der Waals surface area contributed by atoms with Crippen LogP contribution in [0, 0.1) is 5.82 Å². The molecule has 1 atom stereocenters. The van der Waals surface area contributed by atoms with Gasteiger partial charge < -0.3 is 19.9 Å². The Balaban J connectivity index is 3.11. The number of benzene rings is 1. The summed E-state index contributed by atoms with van der Waals surface area (Å²) >= 11 is 0. The smallest absolute Gasteiger partial charge is 0.170 e. The fourth-order valence-electron chi connectivity index (χ4n) is 1.65. The van der Waals surface area contributed by atoms with Gasteiger partial charge in [-0.15, -0.1) is 0 Å². The second-order valence-corrected chi connectivity index (χ2v) is 3.67. The molecule has 4 nitrogen and oxygen atoms in total. The number of rotatable bonds is 6. The van der Waals surface area contributed by atoms with Crippen LogP contribution in [0.2, 0.25) is 0 Å². The summed E-state index contributed by atoms with van der Waals surface area (Å²) in [7, 11) is 4.59. The average Bonchev–Trinajstić information content (AvgIpc) is 2.32. The molecule has 0 saturated carbocycles. The maximum Gasteiger partial charge on any atom is 0.170 e. The van der Waals surface area contributed by atoms with Crippen LogP contribution in [-0.4, -0.2) is 32.9 Å². The van der Waals surface area contributed by atoms with E-state index in [0.29, 0.717) is 17.7 Å². The van der Waals surface area contributed by atoms with Crippen LogP contribution < -0.4 is 10.1 Å². The van der Waals surface area contributed by atoms with Gasteiger partial charge in [0.15, 0.2) is 11.6 Å². The molecule has 17 heavy (non-hydrogen) atoms. The molecule has 0 heterocycles. The van der Waals surface area contributed by atoms with E-state index in [2.05, 4.69) is 5.32 Å². The van der Waals surface area contributed by atoms with Crippen molar-refractivity contribution in [1.29, 1.82) is 0 Å². The Hall–Kier alpha value is -1.17. The van der Waals surface area contributed by atoms with Gasteiger partial charge in [0, 0.05) is 24.8 Å². The van der Waals surface area contributed by atoms with Crippen LogP contribution in [-0.2, 0) is 11.3 Å². The Kier molecular flexibility index (Phi) is 5.34. The monoisotopic (exact) mass is 243 g/mol. The van der Waals surface area contributed by atoms with Crippen LogP contribution in [0.1, 0.15) is 17.2 Å². The zero-order valence-electron chi connectivity index (χ0n) is 10.3. The molecule has 96 valence electrons. The van der Waals surface area contributed by atoms with Gasteiger partial charge in [-0.2, -0.15) is 0 Å². The van der Waals surface area contributed by atoms with Gasteiger partial charge in [0.1, 0.15) is 0 Å². The van der Waals surface area contributed by atoms with Crippen molar-refractivity contribution >= 4 is 0 Å². The van der Waals surface area contributed by atoms with Crippen LogP contribution in [0.4, 0.5) is 4.39 Å². The van der Waals surface area contributed by atoms with E-state index in [0.717, 1.165) is 0 Å². The van der Waals surface area contributed by atoms with Gasteiger partial charge in [-0.3, -0.25) is 0 Å². The molecule has 0 spiro atoms. The molecule has 0 amide bonds. The quantitative estimate of drug-likeness (QED) is 0.789. The minimum Gasteiger partial charge on any atom is -0.493 e. The predicted octanol–water partition coefficient (Wildman–Crippen LogP) is 1.23. The number of halogens is 1. The normalized spacial score (nSPS) is 12.5. The zero-order chi connectivity index (χ0) is 12.8. The van der Waals surface area contributed by atoms with E-state index in [9.17, 15) is 9.50 Å². The second kappa shape index (κ2) is 6.54. The summed E-state index contributed by atoms with van der Waals surface area (Å²) < 4.78 is 23.9. The number of methoxy groups -OCH3 is 2. The highest BCUT2D eigenvalue weighted by molar-refractivity contribution is 5.40. The zero-order valence-corrected chi connectivity index (χ0v) is 10.3. The summed E-state index contributed by atoms with van der Waals surface area (Å²) in [5.41, 5.74) is 0.837. The first-order valence-electron chi connectivity index (χ1n) is 5.32. The van der Waals surface area contributed by atoms with Crippen LogP contribution >= 0.6 is 0 Å². The topological polar surface area (TPSA) is 50.7 Å². The lowest BCUT2D eigenvalue weighted by Gasteiger charge is -2.16.